The molecule has 0 aliphatic carbocycles. The highest BCUT2D eigenvalue weighted by Crippen LogP contribution is 2.13. The van der Waals surface area contributed by atoms with Gasteiger partial charge in [0.05, 0.1) is 4.90 Å². The fourth-order valence-corrected chi connectivity index (χ4v) is 2.43. The van der Waals surface area contributed by atoms with Gasteiger partial charge in [0, 0.05) is 6.54 Å². The molecule has 0 aromatic heterocycles. The topological polar surface area (TPSA) is 46.2 Å². The quantitative estimate of drug-likeness (QED) is 0.859. The molecule has 1 aromatic rings. The molecule has 0 bridgehead atoms. The van der Waals surface area contributed by atoms with Crippen LogP contribution in [0.5, 0.6) is 0 Å². The molecule has 0 fully saturated rings. The van der Waals surface area contributed by atoms with Gasteiger partial charge in [-0.3, -0.25) is 0 Å². The molecule has 0 saturated carbocycles. The molecule has 0 radical (unpaired) electrons. The molecule has 3 nitrogen and oxygen atoms in total. The lowest BCUT2D eigenvalue weighted by atomic mass is 10.2. The number of aryl methyl sites for hydroxylation is 1. The van der Waals surface area contributed by atoms with E-state index in [4.69, 9.17) is 0 Å². The zero-order valence-corrected chi connectivity index (χ0v) is 9.57. The van der Waals surface area contributed by atoms with Crippen molar-refractivity contribution in [2.75, 3.05) is 6.54 Å². The molecule has 0 atom stereocenters. The molecule has 0 amide bonds. The van der Waals surface area contributed by atoms with Crippen molar-refractivity contribution in [3.8, 4) is 0 Å². The van der Waals surface area contributed by atoms with E-state index < -0.39 is 15.8 Å². The van der Waals surface area contributed by atoms with Crippen molar-refractivity contribution in [2.24, 2.45) is 0 Å². The summed E-state index contributed by atoms with van der Waals surface area (Å²) in [4.78, 5) is -0.0200. The van der Waals surface area contributed by atoms with Gasteiger partial charge >= 0.3 is 0 Å². The van der Waals surface area contributed by atoms with Crippen LogP contribution >= 0.6 is 0 Å². The van der Waals surface area contributed by atoms with Gasteiger partial charge in [0.2, 0.25) is 10.0 Å². The van der Waals surface area contributed by atoms with Gasteiger partial charge in [0.1, 0.15) is 5.82 Å². The van der Waals surface area contributed by atoms with Crippen LogP contribution in [0.2, 0.25) is 0 Å². The molecule has 0 unspecified atom stereocenters. The average Bonchev–Trinajstić information content (AvgIpc) is 2.13. The number of hydrogen-bond donors (Lipinski definition) is 1. The molecular formula is C10H14FNO2S. The Morgan fingerprint density at radius 2 is 2.00 bits per heavy atom. The lowest BCUT2D eigenvalue weighted by Crippen LogP contribution is -2.24. The van der Waals surface area contributed by atoms with Crippen molar-refractivity contribution < 1.29 is 12.8 Å². The zero-order chi connectivity index (χ0) is 11.5. The molecule has 1 N–H and O–H groups in total. The second kappa shape index (κ2) is 4.72. The Bertz CT molecular complexity index is 422. The van der Waals surface area contributed by atoms with Crippen molar-refractivity contribution in [2.45, 2.75) is 25.2 Å². The minimum atomic E-state index is -3.56. The van der Waals surface area contributed by atoms with E-state index in [9.17, 15) is 12.8 Å². The second-order valence-electron chi connectivity index (χ2n) is 3.36. The molecule has 0 spiro atoms. The van der Waals surface area contributed by atoms with Crippen LogP contribution in [-0.4, -0.2) is 15.0 Å². The number of halogens is 1. The summed E-state index contributed by atoms with van der Waals surface area (Å²) >= 11 is 0. The van der Waals surface area contributed by atoms with E-state index >= 15 is 0 Å². The second-order valence-corrected chi connectivity index (χ2v) is 5.13. The van der Waals surface area contributed by atoms with E-state index in [0.29, 0.717) is 18.5 Å². The first-order valence-electron chi connectivity index (χ1n) is 4.72. The van der Waals surface area contributed by atoms with Crippen LogP contribution < -0.4 is 4.72 Å². The average molecular weight is 231 g/mol. The number of hydrogen-bond acceptors (Lipinski definition) is 2. The summed E-state index contributed by atoms with van der Waals surface area (Å²) in [5, 5.41) is 0. The van der Waals surface area contributed by atoms with E-state index in [1.54, 1.807) is 6.92 Å². The van der Waals surface area contributed by atoms with Crippen LogP contribution in [0.3, 0.4) is 0 Å². The third kappa shape index (κ3) is 3.28. The summed E-state index contributed by atoms with van der Waals surface area (Å²) in [6.07, 6.45) is 0.702. The van der Waals surface area contributed by atoms with Gasteiger partial charge in [-0.05, 0) is 37.1 Å². The Kier molecular flexibility index (Phi) is 3.82. The summed E-state index contributed by atoms with van der Waals surface area (Å²) < 4.78 is 38.6. The first-order chi connectivity index (χ1) is 6.95. The maximum absolute atomic E-state index is 13.0. The summed E-state index contributed by atoms with van der Waals surface area (Å²) in [5.74, 6) is -0.535. The highest BCUT2D eigenvalue weighted by molar-refractivity contribution is 7.89. The lowest BCUT2D eigenvalue weighted by Gasteiger charge is -2.06. The fraction of sp³-hybridized carbons (Fsp3) is 0.400. The van der Waals surface area contributed by atoms with Gasteiger partial charge in [-0.25, -0.2) is 17.5 Å². The lowest BCUT2D eigenvalue weighted by molar-refractivity contribution is 0.576. The Hall–Kier alpha value is -0.940. The number of benzene rings is 1. The molecule has 0 heterocycles. The van der Waals surface area contributed by atoms with Crippen LogP contribution in [0.25, 0.3) is 0 Å². The van der Waals surface area contributed by atoms with E-state index in [2.05, 4.69) is 4.72 Å². The van der Waals surface area contributed by atoms with E-state index in [0.717, 1.165) is 6.07 Å². The van der Waals surface area contributed by atoms with E-state index in [-0.39, 0.29) is 4.90 Å². The van der Waals surface area contributed by atoms with Crippen molar-refractivity contribution in [3.63, 3.8) is 0 Å². The predicted octanol–water partition coefficient (Wildman–Crippen LogP) is 1.82. The van der Waals surface area contributed by atoms with E-state index in [1.165, 1.54) is 12.1 Å². The Labute approximate surface area is 89.4 Å². The zero-order valence-electron chi connectivity index (χ0n) is 8.75. The highest BCUT2D eigenvalue weighted by Gasteiger charge is 2.14. The van der Waals surface area contributed by atoms with Gasteiger partial charge in [-0.2, -0.15) is 0 Å². The summed E-state index contributed by atoms with van der Waals surface area (Å²) in [5.41, 5.74) is 0.590. The molecule has 0 aliphatic rings. The first-order valence-corrected chi connectivity index (χ1v) is 6.21. The van der Waals surface area contributed by atoms with Crippen LogP contribution in [0.4, 0.5) is 4.39 Å². The van der Waals surface area contributed by atoms with Gasteiger partial charge in [-0.1, -0.05) is 6.92 Å². The van der Waals surface area contributed by atoms with Gasteiger partial charge in [0.25, 0.3) is 0 Å². The van der Waals surface area contributed by atoms with E-state index in [1.807, 2.05) is 6.92 Å². The Balaban J connectivity index is 3.04. The molecule has 5 heteroatoms. The molecule has 15 heavy (non-hydrogen) atoms. The molecule has 84 valence electrons. The largest absolute Gasteiger partial charge is 0.240 e. The maximum Gasteiger partial charge on any atom is 0.240 e. The normalized spacial score (nSPS) is 11.7. The van der Waals surface area contributed by atoms with Crippen LogP contribution in [0.15, 0.2) is 23.1 Å². The summed E-state index contributed by atoms with van der Waals surface area (Å²) in [6.45, 7) is 3.87. The maximum atomic E-state index is 13.0. The van der Waals surface area contributed by atoms with Gasteiger partial charge in [0.15, 0.2) is 0 Å². The Morgan fingerprint density at radius 1 is 1.33 bits per heavy atom. The number of rotatable bonds is 4. The van der Waals surface area contributed by atoms with Crippen LogP contribution in [-0.2, 0) is 10.0 Å². The molecule has 0 aliphatic heterocycles. The third-order valence-corrected chi connectivity index (χ3v) is 3.31. The number of sulfonamides is 1. The summed E-state index contributed by atoms with van der Waals surface area (Å²) in [7, 11) is -3.56. The number of nitrogens with one attached hydrogen (secondary N) is 1. The smallest absolute Gasteiger partial charge is 0.211 e. The van der Waals surface area contributed by atoms with Crippen LogP contribution in [0, 0.1) is 12.7 Å². The fourth-order valence-electron chi connectivity index (χ4n) is 1.18. The molecular weight excluding hydrogens is 217 g/mol. The monoisotopic (exact) mass is 231 g/mol. The van der Waals surface area contributed by atoms with Gasteiger partial charge < -0.3 is 0 Å². The first kappa shape index (κ1) is 12.1. The van der Waals surface area contributed by atoms with Crippen molar-refractivity contribution in [1.82, 2.24) is 4.72 Å². The molecule has 1 rings (SSSR count). The molecule has 0 saturated heterocycles. The highest BCUT2D eigenvalue weighted by atomic mass is 32.2. The van der Waals surface area contributed by atoms with Crippen molar-refractivity contribution >= 4 is 10.0 Å². The summed E-state index contributed by atoms with van der Waals surface area (Å²) in [6, 6.07) is 3.75. The van der Waals surface area contributed by atoms with Crippen LogP contribution in [0.1, 0.15) is 18.9 Å². The SMILES string of the molecule is CCCNS(=O)(=O)c1cc(C)cc(F)c1. The Morgan fingerprint density at radius 3 is 2.53 bits per heavy atom. The van der Waals surface area contributed by atoms with Crippen molar-refractivity contribution in [1.29, 1.82) is 0 Å². The van der Waals surface area contributed by atoms with Gasteiger partial charge in [-0.15, -0.1) is 0 Å². The van der Waals surface area contributed by atoms with Crippen molar-refractivity contribution in [3.05, 3.63) is 29.6 Å². The third-order valence-electron chi connectivity index (χ3n) is 1.87. The minimum Gasteiger partial charge on any atom is -0.211 e. The molecule has 1 aromatic carbocycles. The predicted molar refractivity (Wildman–Crippen MR) is 56.6 cm³/mol. The minimum absolute atomic E-state index is 0.0200. The standard InChI is InChI=1S/C10H14FNO2S/c1-3-4-12-15(13,14)10-6-8(2)5-9(11)7-10/h5-7,12H,3-4H2,1-2H3.